The smallest absolute Gasteiger partial charge is 0.179 e. The summed E-state index contributed by atoms with van der Waals surface area (Å²) in [5.41, 5.74) is 3.69. The van der Waals surface area contributed by atoms with Crippen molar-refractivity contribution in [3.05, 3.63) is 65.2 Å². The molecule has 1 saturated heterocycles. The third-order valence-corrected chi connectivity index (χ3v) is 6.44. The monoisotopic (exact) mass is 476 g/mol. The Labute approximate surface area is 203 Å². The second-order valence-corrected chi connectivity index (χ2v) is 8.86. The van der Waals surface area contributed by atoms with Crippen LogP contribution in [-0.2, 0) is 6.54 Å². The van der Waals surface area contributed by atoms with Crippen LogP contribution in [0.2, 0.25) is 0 Å². The second-order valence-electron chi connectivity index (χ2n) is 8.86. The molecule has 1 fully saturated rings. The van der Waals surface area contributed by atoms with Crippen molar-refractivity contribution in [2.24, 2.45) is 0 Å². The van der Waals surface area contributed by atoms with E-state index >= 15 is 0 Å². The number of rotatable bonds is 7. The minimum absolute atomic E-state index is 0.266. The van der Waals surface area contributed by atoms with Crippen LogP contribution >= 0.6 is 0 Å². The lowest BCUT2D eigenvalue weighted by Crippen LogP contribution is -2.32. The maximum Gasteiger partial charge on any atom is 0.179 e. The van der Waals surface area contributed by atoms with Crippen LogP contribution in [0.1, 0.15) is 30.3 Å². The van der Waals surface area contributed by atoms with Crippen molar-refractivity contribution in [3.63, 3.8) is 0 Å². The first kappa shape index (κ1) is 23.0. The lowest BCUT2D eigenvalue weighted by Gasteiger charge is -2.18. The zero-order valence-electron chi connectivity index (χ0n) is 20.1. The molecule has 8 nitrogen and oxygen atoms in total. The molecule has 2 N–H and O–H groups in total. The topological polar surface area (TPSA) is 88.3 Å². The lowest BCUT2D eigenvalue weighted by molar-refractivity contribution is 0.338. The van der Waals surface area contributed by atoms with Gasteiger partial charge >= 0.3 is 0 Å². The molecule has 2 aromatic heterocycles. The minimum atomic E-state index is -0.399. The molecule has 1 aliphatic rings. The van der Waals surface area contributed by atoms with Gasteiger partial charge in [0.15, 0.2) is 11.6 Å². The fourth-order valence-electron chi connectivity index (χ4n) is 4.72. The van der Waals surface area contributed by atoms with Crippen LogP contribution in [0.15, 0.2) is 42.5 Å². The highest BCUT2D eigenvalue weighted by Gasteiger charge is 2.27. The molecule has 5 rings (SSSR count). The van der Waals surface area contributed by atoms with E-state index < -0.39 is 5.82 Å². The Balaban J connectivity index is 1.41. The summed E-state index contributed by atoms with van der Waals surface area (Å²) in [6, 6.07) is 12.4. The quantitative estimate of drug-likeness (QED) is 0.416. The van der Waals surface area contributed by atoms with Crippen molar-refractivity contribution in [1.29, 1.82) is 0 Å². The predicted octanol–water partition coefficient (Wildman–Crippen LogP) is 4.04. The highest BCUT2D eigenvalue weighted by atomic mass is 19.1. The Morgan fingerprint density at radius 3 is 2.80 bits per heavy atom. The molecule has 182 valence electrons. The number of phenols is 1. The molecule has 4 aromatic rings. The Hall–Kier alpha value is -3.72. The van der Waals surface area contributed by atoms with Crippen molar-refractivity contribution >= 4 is 16.7 Å². The fraction of sp³-hybridized carbons (Fsp3) is 0.346. The summed E-state index contributed by atoms with van der Waals surface area (Å²) in [5, 5.41) is 27.8. The highest BCUT2D eigenvalue weighted by molar-refractivity contribution is 5.92. The van der Waals surface area contributed by atoms with Crippen molar-refractivity contribution < 1.29 is 14.2 Å². The molecule has 0 spiro atoms. The number of hydrogen-bond donors (Lipinski definition) is 2. The molecule has 0 saturated carbocycles. The molecule has 3 heterocycles. The van der Waals surface area contributed by atoms with Gasteiger partial charge in [-0.25, -0.2) is 9.07 Å². The third kappa shape index (κ3) is 4.51. The van der Waals surface area contributed by atoms with Gasteiger partial charge in [-0.2, -0.15) is 10.2 Å². The first-order valence-electron chi connectivity index (χ1n) is 11.9. The molecular weight excluding hydrogens is 447 g/mol. The average Bonchev–Trinajstić information content (AvgIpc) is 3.44. The van der Waals surface area contributed by atoms with Crippen LogP contribution in [0.25, 0.3) is 16.6 Å². The molecule has 1 aliphatic heterocycles. The van der Waals surface area contributed by atoms with Crippen molar-refractivity contribution in [2.45, 2.75) is 39.8 Å². The summed E-state index contributed by atoms with van der Waals surface area (Å²) in [5.74, 6) is 1.07. The number of benzene rings is 2. The molecule has 1 atom stereocenters. The summed E-state index contributed by atoms with van der Waals surface area (Å²) in [6.45, 7) is 8.41. The summed E-state index contributed by atoms with van der Waals surface area (Å²) in [7, 11) is 0. The second kappa shape index (κ2) is 9.50. The van der Waals surface area contributed by atoms with E-state index in [4.69, 9.17) is 9.84 Å². The van der Waals surface area contributed by atoms with Gasteiger partial charge in [0.25, 0.3) is 0 Å². The number of ether oxygens (including phenoxy) is 1. The van der Waals surface area contributed by atoms with Crippen LogP contribution in [0.5, 0.6) is 11.5 Å². The van der Waals surface area contributed by atoms with E-state index in [-0.39, 0.29) is 11.8 Å². The van der Waals surface area contributed by atoms with E-state index in [0.29, 0.717) is 30.4 Å². The van der Waals surface area contributed by atoms with E-state index in [9.17, 15) is 9.50 Å². The standard InChI is InChI=1S/C26H29FN6O2/c1-4-35-21-8-9-23(22(27)13-21)33-17(3)24-16(2)29-30-26(25(24)31-33)32-11-10-19(15-32)28-14-18-6-5-7-20(34)12-18/h5-9,12-13,19,28,34H,4,10-11,14-15H2,1-3H3. The lowest BCUT2D eigenvalue weighted by atomic mass is 10.2. The number of nitrogens with zero attached hydrogens (tertiary/aromatic N) is 5. The molecule has 2 aromatic carbocycles. The van der Waals surface area contributed by atoms with Crippen molar-refractivity contribution in [1.82, 2.24) is 25.3 Å². The Bertz CT molecular complexity index is 1370. The number of aryl methyl sites for hydroxylation is 2. The summed E-state index contributed by atoms with van der Waals surface area (Å²) < 4.78 is 22.0. The molecule has 0 aliphatic carbocycles. The molecule has 35 heavy (non-hydrogen) atoms. The zero-order valence-corrected chi connectivity index (χ0v) is 20.1. The van der Waals surface area contributed by atoms with Crippen LogP contribution in [-0.4, -0.2) is 50.8 Å². The van der Waals surface area contributed by atoms with Crippen LogP contribution in [0, 0.1) is 19.7 Å². The first-order chi connectivity index (χ1) is 16.9. The summed E-state index contributed by atoms with van der Waals surface area (Å²) in [4.78, 5) is 2.18. The van der Waals surface area contributed by atoms with Gasteiger partial charge in [0, 0.05) is 31.7 Å². The SMILES string of the molecule is CCOc1ccc(-n2nc3c(N4CCC(NCc5cccc(O)c5)C4)nnc(C)c3c2C)c(F)c1. The molecule has 0 amide bonds. The molecule has 1 unspecified atom stereocenters. The van der Waals surface area contributed by atoms with Crippen LogP contribution < -0.4 is 15.0 Å². The molecular formula is C26H29FN6O2. The zero-order chi connectivity index (χ0) is 24.5. The fourth-order valence-corrected chi connectivity index (χ4v) is 4.72. The number of phenolic OH excluding ortho intramolecular Hbond substituents is 1. The predicted molar refractivity (Wildman–Crippen MR) is 133 cm³/mol. The normalized spacial score (nSPS) is 15.8. The number of anilines is 1. The Kier molecular flexibility index (Phi) is 6.25. The van der Waals surface area contributed by atoms with E-state index in [1.54, 1.807) is 28.9 Å². The molecule has 9 heteroatoms. The van der Waals surface area contributed by atoms with Gasteiger partial charge in [-0.05, 0) is 57.0 Å². The van der Waals surface area contributed by atoms with Gasteiger partial charge in [-0.1, -0.05) is 12.1 Å². The average molecular weight is 477 g/mol. The van der Waals surface area contributed by atoms with Crippen LogP contribution in [0.4, 0.5) is 10.2 Å². The van der Waals surface area contributed by atoms with E-state index in [2.05, 4.69) is 20.4 Å². The first-order valence-corrected chi connectivity index (χ1v) is 11.9. The number of halogens is 1. The summed E-state index contributed by atoms with van der Waals surface area (Å²) in [6.07, 6.45) is 0.947. The molecule has 0 bridgehead atoms. The van der Waals surface area contributed by atoms with Crippen molar-refractivity contribution in [3.8, 4) is 17.2 Å². The number of aromatic hydroxyl groups is 1. The largest absolute Gasteiger partial charge is 0.508 e. The molecule has 0 radical (unpaired) electrons. The number of fused-ring (bicyclic) bond motifs is 1. The van der Waals surface area contributed by atoms with Crippen LogP contribution in [0.3, 0.4) is 0 Å². The summed E-state index contributed by atoms with van der Waals surface area (Å²) >= 11 is 0. The van der Waals surface area contributed by atoms with E-state index in [0.717, 1.165) is 47.4 Å². The maximum absolute atomic E-state index is 15.0. The van der Waals surface area contributed by atoms with Gasteiger partial charge < -0.3 is 20.1 Å². The van der Waals surface area contributed by atoms with Crippen molar-refractivity contribution in [2.75, 3.05) is 24.6 Å². The number of aromatic nitrogens is 4. The van der Waals surface area contributed by atoms with Gasteiger partial charge in [-0.15, -0.1) is 5.10 Å². The van der Waals surface area contributed by atoms with Gasteiger partial charge in [0.05, 0.1) is 23.4 Å². The maximum atomic E-state index is 15.0. The minimum Gasteiger partial charge on any atom is -0.508 e. The van der Waals surface area contributed by atoms with Gasteiger partial charge in [0.2, 0.25) is 0 Å². The Morgan fingerprint density at radius 1 is 1.17 bits per heavy atom. The van der Waals surface area contributed by atoms with Gasteiger partial charge in [-0.3, -0.25) is 0 Å². The number of hydrogen-bond acceptors (Lipinski definition) is 7. The number of nitrogens with one attached hydrogen (secondary N) is 1. The third-order valence-electron chi connectivity index (χ3n) is 6.44. The Morgan fingerprint density at radius 2 is 2.03 bits per heavy atom. The van der Waals surface area contributed by atoms with E-state index in [1.807, 2.05) is 32.9 Å². The highest BCUT2D eigenvalue weighted by Crippen LogP contribution is 2.32. The van der Waals surface area contributed by atoms with Gasteiger partial charge in [0.1, 0.15) is 22.7 Å². The van der Waals surface area contributed by atoms with E-state index in [1.165, 1.54) is 6.07 Å².